The van der Waals surface area contributed by atoms with Crippen molar-refractivity contribution in [2.75, 3.05) is 6.61 Å². The van der Waals surface area contributed by atoms with Crippen molar-refractivity contribution in [2.24, 2.45) is 0 Å². The number of ether oxygens (including phenoxy) is 1. The maximum atomic E-state index is 13.9. The summed E-state index contributed by atoms with van der Waals surface area (Å²) in [6.07, 6.45) is 1.39. The predicted octanol–water partition coefficient (Wildman–Crippen LogP) is 5.88. The van der Waals surface area contributed by atoms with Crippen molar-refractivity contribution >= 4 is 27.6 Å². The summed E-state index contributed by atoms with van der Waals surface area (Å²) in [6, 6.07) is 31.5. The molecule has 38 heavy (non-hydrogen) atoms. The molecule has 4 aromatic carbocycles. The molecule has 0 heterocycles. The van der Waals surface area contributed by atoms with Crippen LogP contribution in [0.1, 0.15) is 31.8 Å². The van der Waals surface area contributed by atoms with Crippen LogP contribution < -0.4 is 0 Å². The van der Waals surface area contributed by atoms with E-state index in [4.69, 9.17) is 4.74 Å². The number of nitrogens with zero attached hydrogens (tertiary/aromatic N) is 1. The Balaban J connectivity index is 1.81. The van der Waals surface area contributed by atoms with Crippen molar-refractivity contribution in [3.8, 4) is 0 Å². The fourth-order valence-electron chi connectivity index (χ4n) is 3.61. The highest BCUT2D eigenvalue weighted by Gasteiger charge is 2.34. The first kappa shape index (κ1) is 26.4. The smallest absolute Gasteiger partial charge is 0.338 e. The molecule has 190 valence electrons. The average Bonchev–Trinajstić information content (AvgIpc) is 2.95. The Labute approximate surface area is 222 Å². The molecule has 0 saturated heterocycles. The molecule has 0 atom stereocenters. The van der Waals surface area contributed by atoms with E-state index >= 15 is 0 Å². The molecule has 0 radical (unpaired) electrons. The summed E-state index contributed by atoms with van der Waals surface area (Å²) in [5.74, 6) is -1.28. The largest absolute Gasteiger partial charge is 0.457 e. The van der Waals surface area contributed by atoms with Crippen molar-refractivity contribution in [1.82, 2.24) is 4.31 Å². The van der Waals surface area contributed by atoms with Gasteiger partial charge in [0.1, 0.15) is 12.3 Å². The van der Waals surface area contributed by atoms with Gasteiger partial charge in [0.15, 0.2) is 0 Å². The van der Waals surface area contributed by atoms with Crippen LogP contribution in [0.2, 0.25) is 0 Å². The summed E-state index contributed by atoms with van der Waals surface area (Å²) in [7, 11) is -4.35. The van der Waals surface area contributed by atoms with Gasteiger partial charge in [0.05, 0.1) is 10.5 Å². The number of amides is 1. The number of carbonyl (C=O) groups excluding carboxylic acids is 2. The van der Waals surface area contributed by atoms with Crippen LogP contribution in [0.15, 0.2) is 132 Å². The van der Waals surface area contributed by atoms with Crippen molar-refractivity contribution in [2.45, 2.75) is 11.8 Å². The predicted molar refractivity (Wildman–Crippen MR) is 146 cm³/mol. The van der Waals surface area contributed by atoms with E-state index in [0.717, 1.165) is 9.87 Å². The van der Waals surface area contributed by atoms with Crippen LogP contribution in [0.4, 0.5) is 0 Å². The van der Waals surface area contributed by atoms with Gasteiger partial charge in [-0.3, -0.25) is 4.79 Å². The molecule has 0 aliphatic heterocycles. The lowest BCUT2D eigenvalue weighted by molar-refractivity contribution is 0.0549. The van der Waals surface area contributed by atoms with Gasteiger partial charge >= 0.3 is 5.97 Å². The summed E-state index contributed by atoms with van der Waals surface area (Å²) in [6.45, 7) is 1.67. The van der Waals surface area contributed by atoms with Gasteiger partial charge in [0.25, 0.3) is 15.9 Å². The van der Waals surface area contributed by atoms with Crippen LogP contribution in [0, 0.1) is 6.92 Å². The number of benzene rings is 4. The van der Waals surface area contributed by atoms with E-state index in [1.165, 1.54) is 18.2 Å². The number of esters is 1. The van der Waals surface area contributed by atoms with Gasteiger partial charge in [-0.1, -0.05) is 90.2 Å². The monoisotopic (exact) mass is 523 g/mol. The Morgan fingerprint density at radius 3 is 1.79 bits per heavy atom. The minimum absolute atomic E-state index is 0.00390. The van der Waals surface area contributed by atoms with Crippen LogP contribution in [-0.2, 0) is 14.8 Å². The van der Waals surface area contributed by atoms with Gasteiger partial charge in [-0.2, -0.15) is 4.31 Å². The standard InChI is InChI=1S/C31H25NO5S/c1-24-19-21-28(22-20-24)38(35,36)32(30(33)26-14-7-3-8-15-26)29(25-12-5-2-6-13-25)18-11-23-37-31(34)27-16-9-4-10-17-27/h2-17,19-22H,23H2,1H3. The second-order valence-corrected chi connectivity index (χ2v) is 10.1. The summed E-state index contributed by atoms with van der Waals surface area (Å²) in [5.41, 5.74) is 4.81. The molecule has 0 unspecified atom stereocenters. The summed E-state index contributed by atoms with van der Waals surface area (Å²) in [4.78, 5) is 26.0. The van der Waals surface area contributed by atoms with E-state index in [9.17, 15) is 18.0 Å². The summed E-state index contributed by atoms with van der Waals surface area (Å²) in [5, 5.41) is 0. The zero-order valence-corrected chi connectivity index (χ0v) is 21.5. The van der Waals surface area contributed by atoms with Gasteiger partial charge in [-0.05, 0) is 49.4 Å². The van der Waals surface area contributed by atoms with Gasteiger partial charge < -0.3 is 4.74 Å². The highest BCUT2D eigenvalue weighted by atomic mass is 32.2. The molecule has 0 bridgehead atoms. The third-order valence-electron chi connectivity index (χ3n) is 5.56. The van der Waals surface area contributed by atoms with Gasteiger partial charge in [0, 0.05) is 11.1 Å². The molecule has 1 amide bonds. The fraction of sp³-hybridized carbons (Fsp3) is 0.0645. The number of hydrogen-bond donors (Lipinski definition) is 0. The van der Waals surface area contributed by atoms with E-state index in [-0.39, 0.29) is 22.8 Å². The molecule has 0 saturated carbocycles. The van der Waals surface area contributed by atoms with Crippen LogP contribution in [0.25, 0.3) is 5.70 Å². The molecule has 0 N–H and O–H groups in total. The first-order valence-electron chi connectivity index (χ1n) is 11.8. The van der Waals surface area contributed by atoms with E-state index in [1.54, 1.807) is 103 Å². The zero-order chi connectivity index (χ0) is 27.0. The Bertz CT molecular complexity index is 1570. The number of hydrogen-bond acceptors (Lipinski definition) is 5. The average molecular weight is 524 g/mol. The second kappa shape index (κ2) is 12.0. The SMILES string of the molecule is Cc1ccc(S(=O)(=O)N(C(=O)c2ccccc2)C(=C=CCOC(=O)c2ccccc2)c2ccccc2)cc1. The van der Waals surface area contributed by atoms with E-state index < -0.39 is 21.9 Å². The lowest BCUT2D eigenvalue weighted by atomic mass is 10.1. The summed E-state index contributed by atoms with van der Waals surface area (Å²) < 4.78 is 33.9. The molecule has 4 rings (SSSR count). The molecule has 6 nitrogen and oxygen atoms in total. The maximum absolute atomic E-state index is 13.9. The minimum Gasteiger partial charge on any atom is -0.457 e. The highest BCUT2D eigenvalue weighted by Crippen LogP contribution is 2.29. The lowest BCUT2D eigenvalue weighted by Crippen LogP contribution is -2.35. The van der Waals surface area contributed by atoms with Gasteiger partial charge in [-0.15, -0.1) is 0 Å². The Morgan fingerprint density at radius 1 is 0.737 bits per heavy atom. The maximum Gasteiger partial charge on any atom is 0.338 e. The zero-order valence-electron chi connectivity index (χ0n) is 20.7. The number of sulfonamides is 1. The van der Waals surface area contributed by atoms with Crippen LogP contribution >= 0.6 is 0 Å². The molecule has 0 aromatic heterocycles. The molecule has 4 aromatic rings. The number of aryl methyl sites for hydroxylation is 1. The Hall–Kier alpha value is -4.71. The molecule has 0 spiro atoms. The van der Waals surface area contributed by atoms with Crippen molar-refractivity contribution in [3.05, 3.63) is 149 Å². The van der Waals surface area contributed by atoms with E-state index in [1.807, 2.05) is 6.92 Å². The third kappa shape index (κ3) is 6.16. The second-order valence-electron chi connectivity index (χ2n) is 8.28. The van der Waals surface area contributed by atoms with Crippen LogP contribution in [0.3, 0.4) is 0 Å². The van der Waals surface area contributed by atoms with Gasteiger partial charge in [0.2, 0.25) is 0 Å². The topological polar surface area (TPSA) is 80.8 Å². The molecule has 7 heteroatoms. The molecule has 0 fully saturated rings. The highest BCUT2D eigenvalue weighted by molar-refractivity contribution is 7.90. The van der Waals surface area contributed by atoms with E-state index in [0.29, 0.717) is 11.1 Å². The number of rotatable bonds is 8. The van der Waals surface area contributed by atoms with Crippen LogP contribution in [-0.4, -0.2) is 31.2 Å². The normalized spacial score (nSPS) is 10.7. The van der Waals surface area contributed by atoms with Crippen LogP contribution in [0.5, 0.6) is 0 Å². The summed E-state index contributed by atoms with van der Waals surface area (Å²) >= 11 is 0. The fourth-order valence-corrected chi connectivity index (χ4v) is 5.03. The molecule has 0 aliphatic rings. The minimum atomic E-state index is -4.35. The third-order valence-corrected chi connectivity index (χ3v) is 7.26. The Morgan fingerprint density at radius 2 is 1.24 bits per heavy atom. The molecule has 0 aliphatic carbocycles. The molecular formula is C31H25NO5S. The Kier molecular flexibility index (Phi) is 8.34. The lowest BCUT2D eigenvalue weighted by Gasteiger charge is -2.24. The first-order valence-corrected chi connectivity index (χ1v) is 13.3. The quantitative estimate of drug-likeness (QED) is 0.213. The van der Waals surface area contributed by atoms with E-state index in [2.05, 4.69) is 5.73 Å². The van der Waals surface area contributed by atoms with Crippen molar-refractivity contribution in [1.29, 1.82) is 0 Å². The van der Waals surface area contributed by atoms with Gasteiger partial charge in [-0.25, -0.2) is 13.2 Å². The number of carbonyl (C=O) groups is 2. The van der Waals surface area contributed by atoms with Crippen molar-refractivity contribution in [3.63, 3.8) is 0 Å². The van der Waals surface area contributed by atoms with Crippen molar-refractivity contribution < 1.29 is 22.7 Å². The first-order chi connectivity index (χ1) is 18.4. The molecular weight excluding hydrogens is 498 g/mol.